The maximum atomic E-state index is 12.1. The van der Waals surface area contributed by atoms with E-state index >= 15 is 0 Å². The maximum absolute atomic E-state index is 12.1. The Bertz CT molecular complexity index is 712. The summed E-state index contributed by atoms with van der Waals surface area (Å²) in [5.41, 5.74) is -0.632. The van der Waals surface area contributed by atoms with Crippen LogP contribution in [0, 0.1) is 13.8 Å². The van der Waals surface area contributed by atoms with Gasteiger partial charge in [-0.2, -0.15) is 0 Å². The topological polar surface area (TPSA) is 95.3 Å². The number of aryl methyl sites for hydroxylation is 2. The fraction of sp³-hybridized carbons (Fsp3) is 0.333. The summed E-state index contributed by atoms with van der Waals surface area (Å²) in [6.07, 6.45) is 1.36. The van der Waals surface area contributed by atoms with E-state index in [-0.39, 0.29) is 18.0 Å². The molecule has 2 heterocycles. The van der Waals surface area contributed by atoms with Crippen LogP contribution in [0.2, 0.25) is 0 Å². The Morgan fingerprint density at radius 3 is 2.71 bits per heavy atom. The number of rotatable bonds is 4. The highest BCUT2D eigenvalue weighted by molar-refractivity contribution is 5.95. The summed E-state index contributed by atoms with van der Waals surface area (Å²) in [6.45, 7) is 5.02. The quantitative estimate of drug-likeness (QED) is 0.789. The van der Waals surface area contributed by atoms with E-state index in [1.54, 1.807) is 32.9 Å². The van der Waals surface area contributed by atoms with Crippen molar-refractivity contribution in [3.05, 3.63) is 57.4 Å². The van der Waals surface area contributed by atoms with E-state index in [1.807, 2.05) is 0 Å². The molecule has 1 amide bonds. The van der Waals surface area contributed by atoms with Crippen molar-refractivity contribution in [2.75, 3.05) is 6.54 Å². The summed E-state index contributed by atoms with van der Waals surface area (Å²) in [7, 11) is 0. The number of hydrogen-bond donors (Lipinski definition) is 3. The van der Waals surface area contributed by atoms with Crippen molar-refractivity contribution in [3.63, 3.8) is 0 Å². The van der Waals surface area contributed by atoms with Crippen molar-refractivity contribution in [1.29, 1.82) is 0 Å². The fourth-order valence-corrected chi connectivity index (χ4v) is 1.98. The molecule has 6 heteroatoms. The van der Waals surface area contributed by atoms with Crippen molar-refractivity contribution < 1.29 is 14.3 Å². The summed E-state index contributed by atoms with van der Waals surface area (Å²) < 4.78 is 5.38. The summed E-state index contributed by atoms with van der Waals surface area (Å²) in [5, 5.41) is 13.0. The normalized spacial score (nSPS) is 13.7. The van der Waals surface area contributed by atoms with Gasteiger partial charge in [-0.3, -0.25) is 9.59 Å². The number of carbonyl (C=O) groups excluding carboxylic acids is 1. The van der Waals surface area contributed by atoms with Crippen molar-refractivity contribution in [3.8, 4) is 0 Å². The van der Waals surface area contributed by atoms with Crippen LogP contribution in [0.15, 0.2) is 33.6 Å². The lowest BCUT2D eigenvalue weighted by Crippen LogP contribution is -2.38. The van der Waals surface area contributed by atoms with Crippen LogP contribution in [0.25, 0.3) is 0 Å². The van der Waals surface area contributed by atoms with E-state index in [2.05, 4.69) is 10.3 Å². The van der Waals surface area contributed by atoms with E-state index in [4.69, 9.17) is 4.42 Å². The van der Waals surface area contributed by atoms with E-state index in [0.717, 1.165) is 0 Å². The molecule has 2 aromatic rings. The Labute approximate surface area is 121 Å². The number of aromatic nitrogens is 1. The molecule has 0 radical (unpaired) electrons. The average molecular weight is 290 g/mol. The van der Waals surface area contributed by atoms with Gasteiger partial charge in [-0.25, -0.2) is 0 Å². The summed E-state index contributed by atoms with van der Waals surface area (Å²) in [4.78, 5) is 25.7. The van der Waals surface area contributed by atoms with Crippen LogP contribution in [0.5, 0.6) is 0 Å². The zero-order valence-corrected chi connectivity index (χ0v) is 12.2. The van der Waals surface area contributed by atoms with Gasteiger partial charge in [0.15, 0.2) is 0 Å². The molecule has 0 aliphatic heterocycles. The molecule has 0 saturated carbocycles. The molecule has 21 heavy (non-hydrogen) atoms. The molecule has 2 aromatic heterocycles. The van der Waals surface area contributed by atoms with Crippen molar-refractivity contribution in [1.82, 2.24) is 10.3 Å². The predicted octanol–water partition coefficient (Wildman–Crippen LogP) is 1.22. The van der Waals surface area contributed by atoms with Gasteiger partial charge in [0.05, 0.1) is 12.1 Å². The summed E-state index contributed by atoms with van der Waals surface area (Å²) in [5.74, 6) is 0.707. The van der Waals surface area contributed by atoms with Gasteiger partial charge in [0.2, 0.25) is 5.56 Å². The van der Waals surface area contributed by atoms with Gasteiger partial charge >= 0.3 is 0 Å². The number of amides is 1. The van der Waals surface area contributed by atoms with Crippen LogP contribution < -0.4 is 10.9 Å². The number of aliphatic hydroxyl groups is 1. The standard InChI is InChI=1S/C15H18N2O4/c1-9-6-13(18)16-7-11(9)14(19)17-8-15(3,20)12-5-4-10(2)21-12/h4-7,20H,8H2,1-3H3,(H,16,18)(H,17,19). The number of nitrogens with one attached hydrogen (secondary N) is 2. The zero-order valence-electron chi connectivity index (χ0n) is 12.2. The largest absolute Gasteiger partial charge is 0.463 e. The molecular weight excluding hydrogens is 272 g/mol. The first-order valence-electron chi connectivity index (χ1n) is 6.56. The Kier molecular flexibility index (Phi) is 3.99. The van der Waals surface area contributed by atoms with Crippen molar-refractivity contribution >= 4 is 5.91 Å². The van der Waals surface area contributed by atoms with Gasteiger partial charge in [0.25, 0.3) is 5.91 Å². The van der Waals surface area contributed by atoms with Crippen molar-refractivity contribution in [2.24, 2.45) is 0 Å². The number of carbonyl (C=O) groups is 1. The minimum atomic E-state index is -1.31. The van der Waals surface area contributed by atoms with Crippen LogP contribution in [0.1, 0.15) is 34.4 Å². The van der Waals surface area contributed by atoms with Crippen LogP contribution in [0.3, 0.4) is 0 Å². The fourth-order valence-electron chi connectivity index (χ4n) is 1.98. The van der Waals surface area contributed by atoms with Crippen LogP contribution in [-0.4, -0.2) is 22.5 Å². The van der Waals surface area contributed by atoms with E-state index in [0.29, 0.717) is 22.6 Å². The Hall–Kier alpha value is -2.34. The molecule has 0 aliphatic carbocycles. The Morgan fingerprint density at radius 1 is 1.43 bits per heavy atom. The molecule has 112 valence electrons. The molecular formula is C15H18N2O4. The molecule has 0 fully saturated rings. The predicted molar refractivity (Wildman–Crippen MR) is 77.1 cm³/mol. The highest BCUT2D eigenvalue weighted by Gasteiger charge is 2.27. The molecule has 0 aromatic carbocycles. The number of aromatic amines is 1. The molecule has 6 nitrogen and oxygen atoms in total. The third kappa shape index (κ3) is 3.41. The SMILES string of the molecule is Cc1ccc(C(C)(O)CNC(=O)c2c[nH]c(=O)cc2C)o1. The Morgan fingerprint density at radius 2 is 2.14 bits per heavy atom. The second-order valence-corrected chi connectivity index (χ2v) is 5.26. The van der Waals surface area contributed by atoms with E-state index in [1.165, 1.54) is 12.3 Å². The second-order valence-electron chi connectivity index (χ2n) is 5.26. The third-order valence-electron chi connectivity index (χ3n) is 3.24. The molecule has 0 spiro atoms. The lowest BCUT2D eigenvalue weighted by Gasteiger charge is -2.21. The summed E-state index contributed by atoms with van der Waals surface area (Å²) >= 11 is 0. The Balaban J connectivity index is 2.08. The molecule has 1 atom stereocenters. The highest BCUT2D eigenvalue weighted by atomic mass is 16.4. The zero-order chi connectivity index (χ0) is 15.6. The van der Waals surface area contributed by atoms with E-state index in [9.17, 15) is 14.7 Å². The lowest BCUT2D eigenvalue weighted by molar-refractivity contribution is 0.0323. The number of hydrogen-bond acceptors (Lipinski definition) is 4. The molecule has 1 unspecified atom stereocenters. The lowest BCUT2D eigenvalue weighted by atomic mass is 10.0. The van der Waals surface area contributed by atoms with Crippen molar-refractivity contribution in [2.45, 2.75) is 26.4 Å². The maximum Gasteiger partial charge on any atom is 0.253 e. The molecule has 3 N–H and O–H groups in total. The minimum absolute atomic E-state index is 0.00263. The van der Waals surface area contributed by atoms with Crippen LogP contribution >= 0.6 is 0 Å². The molecule has 0 aliphatic rings. The van der Waals surface area contributed by atoms with Gasteiger partial charge in [0.1, 0.15) is 17.1 Å². The van der Waals surface area contributed by atoms with Crippen LogP contribution in [0.4, 0.5) is 0 Å². The van der Waals surface area contributed by atoms with Gasteiger partial charge in [-0.1, -0.05) is 0 Å². The number of pyridine rings is 1. The molecule has 0 bridgehead atoms. The smallest absolute Gasteiger partial charge is 0.253 e. The average Bonchev–Trinajstić information content (AvgIpc) is 2.84. The van der Waals surface area contributed by atoms with Gasteiger partial charge in [0, 0.05) is 12.3 Å². The monoisotopic (exact) mass is 290 g/mol. The van der Waals surface area contributed by atoms with Gasteiger partial charge < -0.3 is 19.8 Å². The first-order valence-corrected chi connectivity index (χ1v) is 6.56. The highest BCUT2D eigenvalue weighted by Crippen LogP contribution is 2.22. The first kappa shape index (κ1) is 15.1. The first-order chi connectivity index (χ1) is 9.79. The molecule has 2 rings (SSSR count). The number of furan rings is 1. The summed E-state index contributed by atoms with van der Waals surface area (Å²) in [6, 6.07) is 4.77. The second kappa shape index (κ2) is 5.57. The van der Waals surface area contributed by atoms with E-state index < -0.39 is 5.60 Å². The number of H-pyrrole nitrogens is 1. The minimum Gasteiger partial charge on any atom is -0.463 e. The van der Waals surface area contributed by atoms with Gasteiger partial charge in [-0.15, -0.1) is 0 Å². The molecule has 0 saturated heterocycles. The van der Waals surface area contributed by atoms with Crippen LogP contribution in [-0.2, 0) is 5.60 Å². The van der Waals surface area contributed by atoms with Gasteiger partial charge in [-0.05, 0) is 38.5 Å². The third-order valence-corrected chi connectivity index (χ3v) is 3.24.